The molecule has 1 aromatic carbocycles. The number of benzene rings is 1. The Balaban J connectivity index is 2.15. The van der Waals surface area contributed by atoms with Crippen molar-refractivity contribution in [1.82, 2.24) is 4.98 Å². The van der Waals surface area contributed by atoms with E-state index in [4.69, 9.17) is 16.3 Å². The van der Waals surface area contributed by atoms with Gasteiger partial charge >= 0.3 is 11.9 Å². The predicted molar refractivity (Wildman–Crippen MR) is 80.8 cm³/mol. The second-order valence-corrected chi connectivity index (χ2v) is 5.03. The van der Waals surface area contributed by atoms with E-state index in [0.29, 0.717) is 5.56 Å². The first-order chi connectivity index (χ1) is 10.9. The zero-order chi connectivity index (χ0) is 17.0. The minimum absolute atomic E-state index is 0.000528. The van der Waals surface area contributed by atoms with Crippen LogP contribution in [-0.2, 0) is 9.47 Å². The molecule has 2 aromatic rings. The average molecular weight is 338 g/mol. The molecule has 1 atom stereocenters. The van der Waals surface area contributed by atoms with Crippen molar-refractivity contribution in [2.45, 2.75) is 13.0 Å². The monoisotopic (exact) mass is 337 g/mol. The van der Waals surface area contributed by atoms with Gasteiger partial charge in [0.25, 0.3) is 0 Å². The number of methoxy groups -OCH3 is 1. The van der Waals surface area contributed by atoms with Crippen LogP contribution in [-0.4, -0.2) is 24.0 Å². The van der Waals surface area contributed by atoms with Crippen LogP contribution < -0.4 is 0 Å². The first kappa shape index (κ1) is 16.9. The Bertz CT molecular complexity index is 751. The van der Waals surface area contributed by atoms with Crippen LogP contribution in [0, 0.1) is 5.82 Å². The van der Waals surface area contributed by atoms with E-state index < -0.39 is 23.9 Å². The molecule has 0 saturated heterocycles. The second kappa shape index (κ2) is 7.19. The quantitative estimate of drug-likeness (QED) is 0.798. The predicted octanol–water partition coefficient (Wildman–Crippen LogP) is 3.58. The van der Waals surface area contributed by atoms with Crippen LogP contribution in [0.2, 0.25) is 5.02 Å². The number of nitrogens with zero attached hydrogens (tertiary/aromatic N) is 1. The van der Waals surface area contributed by atoms with Crippen LogP contribution in [0.25, 0.3) is 0 Å². The Kier molecular flexibility index (Phi) is 5.28. The summed E-state index contributed by atoms with van der Waals surface area (Å²) in [5.74, 6) is -1.93. The van der Waals surface area contributed by atoms with Crippen molar-refractivity contribution in [2.75, 3.05) is 7.11 Å². The van der Waals surface area contributed by atoms with Gasteiger partial charge in [0.1, 0.15) is 23.3 Å². The highest BCUT2D eigenvalue weighted by molar-refractivity contribution is 6.30. The van der Waals surface area contributed by atoms with Crippen molar-refractivity contribution < 1.29 is 23.5 Å². The van der Waals surface area contributed by atoms with Gasteiger partial charge in [0.05, 0.1) is 12.1 Å². The van der Waals surface area contributed by atoms with Crippen molar-refractivity contribution in [2.24, 2.45) is 0 Å². The number of esters is 2. The van der Waals surface area contributed by atoms with Gasteiger partial charge in [0, 0.05) is 0 Å². The van der Waals surface area contributed by atoms with Crippen LogP contribution in [0.1, 0.15) is 39.6 Å². The van der Waals surface area contributed by atoms with E-state index in [9.17, 15) is 14.0 Å². The Hall–Kier alpha value is -2.47. The largest absolute Gasteiger partial charge is 0.464 e. The summed E-state index contributed by atoms with van der Waals surface area (Å²) in [6.45, 7) is 1.62. The molecule has 120 valence electrons. The molecule has 1 aromatic heterocycles. The van der Waals surface area contributed by atoms with Crippen LogP contribution in [0.4, 0.5) is 4.39 Å². The number of carbonyl (C=O) groups excluding carboxylic acids is 2. The van der Waals surface area contributed by atoms with Crippen LogP contribution in [0.3, 0.4) is 0 Å². The number of carbonyl (C=O) groups is 2. The molecule has 0 aliphatic rings. The Morgan fingerprint density at radius 1 is 1.17 bits per heavy atom. The molecule has 1 heterocycles. The lowest BCUT2D eigenvalue weighted by Crippen LogP contribution is -2.13. The first-order valence-electron chi connectivity index (χ1n) is 6.63. The van der Waals surface area contributed by atoms with E-state index in [0.717, 1.165) is 0 Å². The van der Waals surface area contributed by atoms with E-state index in [-0.39, 0.29) is 16.4 Å². The number of hydrogen-bond donors (Lipinski definition) is 0. The van der Waals surface area contributed by atoms with Crippen molar-refractivity contribution in [3.63, 3.8) is 0 Å². The summed E-state index contributed by atoms with van der Waals surface area (Å²) in [6, 6.07) is 8.38. The van der Waals surface area contributed by atoms with Gasteiger partial charge < -0.3 is 9.47 Å². The van der Waals surface area contributed by atoms with Crippen molar-refractivity contribution in [1.29, 1.82) is 0 Å². The van der Waals surface area contributed by atoms with Crippen LogP contribution >= 0.6 is 11.6 Å². The highest BCUT2D eigenvalue weighted by Crippen LogP contribution is 2.23. The molecule has 0 saturated carbocycles. The van der Waals surface area contributed by atoms with Crippen LogP contribution in [0.15, 0.2) is 36.4 Å². The topological polar surface area (TPSA) is 65.5 Å². The first-order valence-corrected chi connectivity index (χ1v) is 7.01. The van der Waals surface area contributed by atoms with Gasteiger partial charge in [-0.15, -0.1) is 0 Å². The fraction of sp³-hybridized carbons (Fsp3) is 0.188. The number of hydrogen-bond acceptors (Lipinski definition) is 5. The van der Waals surface area contributed by atoms with E-state index in [1.165, 1.54) is 43.5 Å². The average Bonchev–Trinajstić information content (AvgIpc) is 2.56. The molecule has 0 spiro atoms. The van der Waals surface area contributed by atoms with Gasteiger partial charge in [-0.3, -0.25) is 0 Å². The third kappa shape index (κ3) is 4.04. The zero-order valence-electron chi connectivity index (χ0n) is 12.4. The third-order valence-corrected chi connectivity index (χ3v) is 3.34. The van der Waals surface area contributed by atoms with Gasteiger partial charge in [-0.05, 0) is 36.8 Å². The number of ether oxygens (including phenoxy) is 2. The molecule has 0 amide bonds. The maximum absolute atomic E-state index is 13.1. The number of rotatable bonds is 4. The standard InChI is InChI=1S/C16H13ClFNO4/c1-9(10-6-7-12(18)11(17)8-10)23-16(21)14-5-3-4-13(19-14)15(20)22-2/h3-9H,1-2H3/t9-/m1/s1. The molecule has 0 aliphatic heterocycles. The summed E-state index contributed by atoms with van der Waals surface area (Å²) in [4.78, 5) is 27.4. The molecular formula is C16H13ClFNO4. The lowest BCUT2D eigenvalue weighted by atomic mass is 10.1. The Morgan fingerprint density at radius 3 is 2.43 bits per heavy atom. The molecule has 2 rings (SSSR count). The molecule has 0 bridgehead atoms. The van der Waals surface area contributed by atoms with Gasteiger partial charge in [-0.25, -0.2) is 19.0 Å². The molecule has 5 nitrogen and oxygen atoms in total. The summed E-state index contributed by atoms with van der Waals surface area (Å²) >= 11 is 5.70. The summed E-state index contributed by atoms with van der Waals surface area (Å²) in [5.41, 5.74) is 0.501. The molecule has 7 heteroatoms. The van der Waals surface area contributed by atoms with Crippen molar-refractivity contribution in [3.05, 3.63) is 64.2 Å². The van der Waals surface area contributed by atoms with E-state index in [1.807, 2.05) is 0 Å². The van der Waals surface area contributed by atoms with E-state index >= 15 is 0 Å². The minimum Gasteiger partial charge on any atom is -0.464 e. The smallest absolute Gasteiger partial charge is 0.357 e. The molecule has 0 N–H and O–H groups in total. The number of aromatic nitrogens is 1. The summed E-state index contributed by atoms with van der Waals surface area (Å²) in [5, 5.41) is -0.0591. The molecule has 23 heavy (non-hydrogen) atoms. The van der Waals surface area contributed by atoms with Gasteiger partial charge in [0.15, 0.2) is 0 Å². The van der Waals surface area contributed by atoms with Crippen LogP contribution in [0.5, 0.6) is 0 Å². The minimum atomic E-state index is -0.719. The Morgan fingerprint density at radius 2 is 1.83 bits per heavy atom. The molecule has 0 fully saturated rings. The van der Waals surface area contributed by atoms with Crippen molar-refractivity contribution in [3.8, 4) is 0 Å². The summed E-state index contributed by atoms with van der Waals surface area (Å²) in [7, 11) is 1.22. The maximum Gasteiger partial charge on any atom is 0.357 e. The molecule has 0 unspecified atom stereocenters. The van der Waals surface area contributed by atoms with E-state index in [1.54, 1.807) is 6.92 Å². The Labute approximate surface area is 137 Å². The summed E-state index contributed by atoms with van der Waals surface area (Å²) < 4.78 is 22.9. The van der Waals surface area contributed by atoms with Crippen molar-refractivity contribution >= 4 is 23.5 Å². The molecule has 0 aliphatic carbocycles. The highest BCUT2D eigenvalue weighted by atomic mass is 35.5. The van der Waals surface area contributed by atoms with Gasteiger partial charge in [0.2, 0.25) is 0 Å². The number of halogens is 2. The van der Waals surface area contributed by atoms with Gasteiger partial charge in [-0.2, -0.15) is 0 Å². The van der Waals surface area contributed by atoms with Gasteiger partial charge in [-0.1, -0.05) is 23.7 Å². The highest BCUT2D eigenvalue weighted by Gasteiger charge is 2.18. The summed E-state index contributed by atoms with van der Waals surface area (Å²) in [6.07, 6.45) is -0.663. The SMILES string of the molecule is COC(=O)c1cccc(C(=O)O[C@H](C)c2ccc(F)c(Cl)c2)n1. The third-order valence-electron chi connectivity index (χ3n) is 3.05. The lowest BCUT2D eigenvalue weighted by molar-refractivity contribution is 0.0330. The lowest BCUT2D eigenvalue weighted by Gasteiger charge is -2.14. The number of pyridine rings is 1. The molecule has 0 radical (unpaired) electrons. The molecular weight excluding hydrogens is 325 g/mol. The second-order valence-electron chi connectivity index (χ2n) is 4.62. The fourth-order valence-electron chi connectivity index (χ4n) is 1.82. The zero-order valence-corrected chi connectivity index (χ0v) is 13.1. The normalized spacial score (nSPS) is 11.7. The fourth-order valence-corrected chi connectivity index (χ4v) is 2.01. The van der Waals surface area contributed by atoms with E-state index in [2.05, 4.69) is 9.72 Å². The maximum atomic E-state index is 13.1.